The van der Waals surface area contributed by atoms with Crippen molar-refractivity contribution < 1.29 is 9.53 Å². The van der Waals surface area contributed by atoms with Crippen LogP contribution in [0.3, 0.4) is 0 Å². The Morgan fingerprint density at radius 2 is 2.14 bits per heavy atom. The lowest BCUT2D eigenvalue weighted by atomic mass is 9.91. The van der Waals surface area contributed by atoms with Crippen molar-refractivity contribution in [2.45, 2.75) is 38.3 Å². The van der Waals surface area contributed by atoms with Gasteiger partial charge in [0.25, 0.3) is 5.91 Å². The van der Waals surface area contributed by atoms with E-state index in [1.54, 1.807) is 26.1 Å². The van der Waals surface area contributed by atoms with E-state index < -0.39 is 0 Å². The summed E-state index contributed by atoms with van der Waals surface area (Å²) in [5.74, 6) is 0.851. The summed E-state index contributed by atoms with van der Waals surface area (Å²) in [5, 5.41) is 8.26. The quantitative estimate of drug-likeness (QED) is 0.713. The van der Waals surface area contributed by atoms with Crippen LogP contribution in [0.25, 0.3) is 0 Å². The van der Waals surface area contributed by atoms with Crippen molar-refractivity contribution in [1.82, 2.24) is 20.0 Å². The van der Waals surface area contributed by atoms with Gasteiger partial charge in [0.1, 0.15) is 5.75 Å². The summed E-state index contributed by atoms with van der Waals surface area (Å²) in [6.07, 6.45) is 5.61. The molecule has 1 aromatic heterocycles. The van der Waals surface area contributed by atoms with Crippen molar-refractivity contribution in [3.05, 3.63) is 59.4 Å². The lowest BCUT2D eigenvalue weighted by molar-refractivity contribution is 0.0820. The molecule has 6 nitrogen and oxygen atoms in total. The Kier molecular flexibility index (Phi) is 6.52. The van der Waals surface area contributed by atoms with Gasteiger partial charge < -0.3 is 15.0 Å². The fourth-order valence-electron chi connectivity index (χ4n) is 3.73. The predicted molar refractivity (Wildman–Crippen MR) is 111 cm³/mol. The van der Waals surface area contributed by atoms with E-state index in [1.807, 2.05) is 22.9 Å². The normalized spacial score (nSPS) is 15.8. The molecule has 0 radical (unpaired) electrons. The van der Waals surface area contributed by atoms with E-state index in [0.29, 0.717) is 18.3 Å². The highest BCUT2D eigenvalue weighted by atomic mass is 16.5. The van der Waals surface area contributed by atoms with E-state index in [4.69, 9.17) is 4.74 Å². The highest BCUT2D eigenvalue weighted by molar-refractivity contribution is 5.93. The summed E-state index contributed by atoms with van der Waals surface area (Å²) in [5.41, 5.74) is 4.14. The Morgan fingerprint density at radius 1 is 1.39 bits per heavy atom. The standard InChI is InChI=1S/C22H30N4O2/c1-5-14-26-20-11-8-17(15-19(20)21(24-26)22(27)25(2)3)23-13-12-16-6-9-18(28-4)10-7-16/h5-7,9-10,17,23H,1,8,11-15H2,2-4H3/t17-/m1/s1. The molecular weight excluding hydrogens is 352 g/mol. The van der Waals surface area contributed by atoms with Crippen LogP contribution in [-0.4, -0.2) is 54.4 Å². The number of rotatable bonds is 8. The van der Waals surface area contributed by atoms with E-state index in [9.17, 15) is 4.79 Å². The number of ether oxygens (including phenoxy) is 1. The number of carbonyl (C=O) groups excluding carboxylic acids is 1. The first-order valence-corrected chi connectivity index (χ1v) is 9.81. The molecule has 1 aliphatic carbocycles. The zero-order valence-electron chi connectivity index (χ0n) is 17.1. The maximum Gasteiger partial charge on any atom is 0.274 e. The van der Waals surface area contributed by atoms with Crippen LogP contribution in [-0.2, 0) is 25.8 Å². The molecule has 0 fully saturated rings. The first-order valence-electron chi connectivity index (χ1n) is 9.81. The number of nitrogens with zero attached hydrogens (tertiary/aromatic N) is 3. The Bertz CT molecular complexity index is 824. The van der Waals surface area contributed by atoms with Crippen LogP contribution in [0.1, 0.15) is 33.7 Å². The van der Waals surface area contributed by atoms with Gasteiger partial charge in [0.2, 0.25) is 0 Å². The Labute approximate surface area is 167 Å². The largest absolute Gasteiger partial charge is 0.497 e. The summed E-state index contributed by atoms with van der Waals surface area (Å²) in [7, 11) is 5.23. The molecule has 1 N–H and O–H groups in total. The molecule has 1 atom stereocenters. The summed E-state index contributed by atoms with van der Waals surface area (Å²) < 4.78 is 7.15. The number of methoxy groups -OCH3 is 1. The average molecular weight is 383 g/mol. The van der Waals surface area contributed by atoms with Crippen LogP contribution in [0.4, 0.5) is 0 Å². The second kappa shape index (κ2) is 9.06. The van der Waals surface area contributed by atoms with E-state index in [-0.39, 0.29) is 5.91 Å². The van der Waals surface area contributed by atoms with Crippen LogP contribution in [0.5, 0.6) is 5.75 Å². The molecule has 28 heavy (non-hydrogen) atoms. The SMILES string of the molecule is C=CCn1nc(C(=O)N(C)C)c2c1CC[C@@H](NCCc1ccc(OC)cc1)C2. The first kappa shape index (κ1) is 20.1. The minimum Gasteiger partial charge on any atom is -0.497 e. The Balaban J connectivity index is 1.65. The number of allylic oxidation sites excluding steroid dienone is 1. The lowest BCUT2D eigenvalue weighted by Gasteiger charge is -2.25. The number of benzene rings is 1. The third-order valence-corrected chi connectivity index (χ3v) is 5.26. The maximum atomic E-state index is 12.6. The summed E-state index contributed by atoms with van der Waals surface area (Å²) in [6.45, 7) is 5.36. The number of aromatic nitrogens is 2. The van der Waals surface area contributed by atoms with Crippen LogP contribution < -0.4 is 10.1 Å². The van der Waals surface area contributed by atoms with E-state index in [2.05, 4.69) is 29.1 Å². The van der Waals surface area contributed by atoms with Crippen molar-refractivity contribution in [3.8, 4) is 5.75 Å². The summed E-state index contributed by atoms with van der Waals surface area (Å²) >= 11 is 0. The van der Waals surface area contributed by atoms with Gasteiger partial charge in [-0.1, -0.05) is 18.2 Å². The predicted octanol–water partition coefficient (Wildman–Crippen LogP) is 2.47. The van der Waals surface area contributed by atoms with Crippen LogP contribution in [0.2, 0.25) is 0 Å². The molecule has 1 heterocycles. The highest BCUT2D eigenvalue weighted by Crippen LogP contribution is 2.26. The molecule has 0 saturated carbocycles. The van der Waals surface area contributed by atoms with Crippen LogP contribution in [0, 0.1) is 0 Å². The molecule has 1 amide bonds. The third kappa shape index (κ3) is 4.44. The minimum atomic E-state index is -0.0297. The van der Waals surface area contributed by atoms with E-state index in [0.717, 1.165) is 43.5 Å². The van der Waals surface area contributed by atoms with Crippen molar-refractivity contribution in [3.63, 3.8) is 0 Å². The van der Waals surface area contributed by atoms with Crippen molar-refractivity contribution in [2.75, 3.05) is 27.7 Å². The smallest absolute Gasteiger partial charge is 0.274 e. The molecule has 3 rings (SSSR count). The van der Waals surface area contributed by atoms with Crippen molar-refractivity contribution in [1.29, 1.82) is 0 Å². The average Bonchev–Trinajstić information content (AvgIpc) is 3.06. The highest BCUT2D eigenvalue weighted by Gasteiger charge is 2.29. The molecule has 0 aliphatic heterocycles. The van der Waals surface area contributed by atoms with Gasteiger partial charge >= 0.3 is 0 Å². The summed E-state index contributed by atoms with van der Waals surface area (Å²) in [4.78, 5) is 14.2. The number of hydrogen-bond donors (Lipinski definition) is 1. The zero-order valence-corrected chi connectivity index (χ0v) is 17.1. The lowest BCUT2D eigenvalue weighted by Crippen LogP contribution is -2.36. The number of amides is 1. The number of hydrogen-bond acceptors (Lipinski definition) is 4. The minimum absolute atomic E-state index is 0.0297. The molecule has 2 aromatic rings. The maximum absolute atomic E-state index is 12.6. The van der Waals surface area contributed by atoms with Crippen LogP contribution >= 0.6 is 0 Å². The molecule has 1 aliphatic rings. The molecule has 1 aromatic carbocycles. The van der Waals surface area contributed by atoms with Crippen LogP contribution in [0.15, 0.2) is 36.9 Å². The van der Waals surface area contributed by atoms with E-state index >= 15 is 0 Å². The van der Waals surface area contributed by atoms with Gasteiger partial charge in [0, 0.05) is 31.4 Å². The zero-order chi connectivity index (χ0) is 20.1. The molecule has 0 saturated heterocycles. The van der Waals surface area contributed by atoms with Gasteiger partial charge in [-0.15, -0.1) is 6.58 Å². The second-order valence-corrected chi connectivity index (χ2v) is 7.44. The monoisotopic (exact) mass is 382 g/mol. The van der Waals surface area contributed by atoms with Crippen molar-refractivity contribution >= 4 is 5.91 Å². The number of carbonyl (C=O) groups is 1. The summed E-state index contributed by atoms with van der Waals surface area (Å²) in [6, 6.07) is 8.56. The molecule has 6 heteroatoms. The van der Waals surface area contributed by atoms with E-state index in [1.165, 1.54) is 11.3 Å². The topological polar surface area (TPSA) is 59.4 Å². The van der Waals surface area contributed by atoms with Gasteiger partial charge in [0.05, 0.1) is 13.7 Å². The van der Waals surface area contributed by atoms with Gasteiger partial charge in [-0.2, -0.15) is 5.10 Å². The fraction of sp³-hybridized carbons (Fsp3) is 0.455. The van der Waals surface area contributed by atoms with Crippen molar-refractivity contribution in [2.24, 2.45) is 0 Å². The number of nitrogens with one attached hydrogen (secondary N) is 1. The second-order valence-electron chi connectivity index (χ2n) is 7.44. The third-order valence-electron chi connectivity index (χ3n) is 5.26. The Morgan fingerprint density at radius 3 is 2.79 bits per heavy atom. The molecule has 0 spiro atoms. The van der Waals surface area contributed by atoms with Gasteiger partial charge in [-0.05, 0) is 49.9 Å². The molecule has 150 valence electrons. The first-order chi connectivity index (χ1) is 13.5. The van der Waals surface area contributed by atoms with Gasteiger partial charge in [-0.3, -0.25) is 9.48 Å². The molecular formula is C22H30N4O2. The number of fused-ring (bicyclic) bond motifs is 1. The molecule has 0 unspecified atom stereocenters. The van der Waals surface area contributed by atoms with Gasteiger partial charge in [0.15, 0.2) is 5.69 Å². The fourth-order valence-corrected chi connectivity index (χ4v) is 3.73. The Hall–Kier alpha value is -2.60. The molecule has 0 bridgehead atoms. The van der Waals surface area contributed by atoms with Gasteiger partial charge in [-0.25, -0.2) is 0 Å².